The Labute approximate surface area is 179 Å². The number of carbonyl (C=O) groups excluding carboxylic acids is 2. The summed E-state index contributed by atoms with van der Waals surface area (Å²) in [5.41, 5.74) is 0.650. The molecule has 2 N–H and O–H groups in total. The number of benzene rings is 3. The topological polar surface area (TPSA) is 95.6 Å². The first-order valence-corrected chi connectivity index (χ1v) is 10.7. The highest BCUT2D eigenvalue weighted by molar-refractivity contribution is 7.92. The van der Waals surface area contributed by atoms with Crippen LogP contribution in [0.25, 0.3) is 0 Å². The molecule has 0 radical (unpaired) electrons. The molecule has 2 amide bonds. The first-order chi connectivity index (χ1) is 14.8. The van der Waals surface area contributed by atoms with Crippen LogP contribution in [0.1, 0.15) is 10.4 Å². The Kier molecular flexibility index (Phi) is 6.66. The number of para-hydroxylation sites is 2. The van der Waals surface area contributed by atoms with Gasteiger partial charge in [0.2, 0.25) is 5.91 Å². The van der Waals surface area contributed by atoms with E-state index in [1.807, 2.05) is 6.07 Å². The molecule has 0 atom stereocenters. The van der Waals surface area contributed by atoms with Gasteiger partial charge in [-0.25, -0.2) is 12.8 Å². The van der Waals surface area contributed by atoms with Crippen LogP contribution < -0.4 is 10.0 Å². The van der Waals surface area contributed by atoms with Crippen molar-refractivity contribution in [2.75, 3.05) is 23.6 Å². The number of carbonyl (C=O) groups is 2. The standard InChI is InChI=1S/C22H20FN3O4S/c1-26(15-21(27)24-17-7-3-2-4-8-17)22(28)16-11-13-18(14-12-16)31(29,30)25-20-10-6-5-9-19(20)23/h2-14,25H,15H2,1H3,(H,24,27). The Morgan fingerprint density at radius 3 is 2.16 bits per heavy atom. The summed E-state index contributed by atoms with van der Waals surface area (Å²) in [6.45, 7) is -0.178. The molecule has 3 aromatic rings. The van der Waals surface area contributed by atoms with E-state index in [1.54, 1.807) is 24.3 Å². The fourth-order valence-electron chi connectivity index (χ4n) is 2.75. The molecule has 0 aliphatic rings. The first kappa shape index (κ1) is 22.0. The molecule has 0 bridgehead atoms. The molecule has 9 heteroatoms. The maximum atomic E-state index is 13.7. The number of halogens is 1. The van der Waals surface area contributed by atoms with Crippen LogP contribution in [0.15, 0.2) is 83.8 Å². The summed E-state index contributed by atoms with van der Waals surface area (Å²) >= 11 is 0. The second kappa shape index (κ2) is 9.40. The Morgan fingerprint density at radius 1 is 0.903 bits per heavy atom. The molecule has 0 heterocycles. The van der Waals surface area contributed by atoms with Crippen LogP contribution >= 0.6 is 0 Å². The summed E-state index contributed by atoms with van der Waals surface area (Å²) in [5, 5.41) is 2.68. The van der Waals surface area contributed by atoms with Gasteiger partial charge in [-0.05, 0) is 48.5 Å². The Balaban J connectivity index is 1.65. The number of sulfonamides is 1. The van der Waals surface area contributed by atoms with E-state index >= 15 is 0 Å². The van der Waals surface area contributed by atoms with Crippen LogP contribution in [0.5, 0.6) is 0 Å². The molecule has 7 nitrogen and oxygen atoms in total. The fourth-order valence-corrected chi connectivity index (χ4v) is 3.82. The van der Waals surface area contributed by atoms with Crippen LogP contribution in [0.4, 0.5) is 15.8 Å². The summed E-state index contributed by atoms with van der Waals surface area (Å²) < 4.78 is 40.8. The summed E-state index contributed by atoms with van der Waals surface area (Å²) in [6, 6.07) is 19.4. The Morgan fingerprint density at radius 2 is 1.52 bits per heavy atom. The molecule has 3 rings (SSSR count). The number of amides is 2. The van der Waals surface area contributed by atoms with Gasteiger partial charge in [0, 0.05) is 18.3 Å². The van der Waals surface area contributed by atoms with Crippen molar-refractivity contribution in [3.63, 3.8) is 0 Å². The molecular formula is C22H20FN3O4S. The first-order valence-electron chi connectivity index (χ1n) is 9.24. The molecule has 3 aromatic carbocycles. The second-order valence-corrected chi connectivity index (χ2v) is 8.37. The minimum Gasteiger partial charge on any atom is -0.332 e. The van der Waals surface area contributed by atoms with E-state index in [2.05, 4.69) is 10.0 Å². The minimum absolute atomic E-state index is 0.128. The van der Waals surface area contributed by atoms with Crippen molar-refractivity contribution in [2.45, 2.75) is 4.90 Å². The van der Waals surface area contributed by atoms with Crippen LogP contribution in [0.2, 0.25) is 0 Å². The molecular weight excluding hydrogens is 421 g/mol. The summed E-state index contributed by atoms with van der Waals surface area (Å²) in [4.78, 5) is 25.8. The van der Waals surface area contributed by atoms with E-state index in [9.17, 15) is 22.4 Å². The second-order valence-electron chi connectivity index (χ2n) is 6.69. The summed E-state index contributed by atoms with van der Waals surface area (Å²) in [7, 11) is -2.56. The maximum absolute atomic E-state index is 13.7. The van der Waals surface area contributed by atoms with Crippen molar-refractivity contribution in [2.24, 2.45) is 0 Å². The van der Waals surface area contributed by atoms with Gasteiger partial charge in [0.1, 0.15) is 5.82 Å². The minimum atomic E-state index is -4.03. The third-order valence-corrected chi connectivity index (χ3v) is 5.70. The summed E-state index contributed by atoms with van der Waals surface area (Å²) in [5.74, 6) is -1.52. The lowest BCUT2D eigenvalue weighted by Gasteiger charge is -2.17. The zero-order valence-electron chi connectivity index (χ0n) is 16.6. The van der Waals surface area contributed by atoms with E-state index in [1.165, 1.54) is 54.4 Å². The number of hydrogen-bond donors (Lipinski definition) is 2. The smallest absolute Gasteiger partial charge is 0.261 e. The highest BCUT2D eigenvalue weighted by atomic mass is 32.2. The number of nitrogens with zero attached hydrogens (tertiary/aromatic N) is 1. The molecule has 160 valence electrons. The third kappa shape index (κ3) is 5.67. The quantitative estimate of drug-likeness (QED) is 0.588. The lowest BCUT2D eigenvalue weighted by molar-refractivity contribution is -0.116. The molecule has 0 fully saturated rings. The molecule has 0 saturated carbocycles. The Hall–Kier alpha value is -3.72. The largest absolute Gasteiger partial charge is 0.332 e. The Bertz CT molecular complexity index is 1180. The predicted octanol–water partition coefficient (Wildman–Crippen LogP) is 3.34. The maximum Gasteiger partial charge on any atom is 0.261 e. The van der Waals surface area contributed by atoms with Crippen molar-refractivity contribution < 1.29 is 22.4 Å². The number of hydrogen-bond acceptors (Lipinski definition) is 4. The van der Waals surface area contributed by atoms with Gasteiger partial charge >= 0.3 is 0 Å². The molecule has 0 spiro atoms. The van der Waals surface area contributed by atoms with Gasteiger partial charge in [-0.2, -0.15) is 0 Å². The van der Waals surface area contributed by atoms with Crippen LogP contribution in [0.3, 0.4) is 0 Å². The van der Waals surface area contributed by atoms with E-state index in [-0.39, 0.29) is 28.6 Å². The lowest BCUT2D eigenvalue weighted by Crippen LogP contribution is -2.34. The normalized spacial score (nSPS) is 10.9. The van der Waals surface area contributed by atoms with E-state index in [0.717, 1.165) is 6.07 Å². The average molecular weight is 441 g/mol. The molecule has 31 heavy (non-hydrogen) atoms. The van der Waals surface area contributed by atoms with Crippen LogP contribution in [-0.4, -0.2) is 38.7 Å². The zero-order chi connectivity index (χ0) is 22.4. The fraction of sp³-hybridized carbons (Fsp3) is 0.0909. The zero-order valence-corrected chi connectivity index (χ0v) is 17.4. The van der Waals surface area contributed by atoms with Crippen molar-refractivity contribution in [3.05, 3.63) is 90.2 Å². The number of anilines is 2. The molecule has 0 aliphatic heterocycles. The SMILES string of the molecule is CN(CC(=O)Nc1ccccc1)C(=O)c1ccc(S(=O)(=O)Nc2ccccc2F)cc1. The number of rotatable bonds is 7. The van der Waals surface area contributed by atoms with Gasteiger partial charge in [-0.3, -0.25) is 14.3 Å². The van der Waals surface area contributed by atoms with Gasteiger partial charge in [0.15, 0.2) is 0 Å². The van der Waals surface area contributed by atoms with Crippen LogP contribution in [0, 0.1) is 5.82 Å². The van der Waals surface area contributed by atoms with E-state index in [0.29, 0.717) is 5.69 Å². The predicted molar refractivity (Wildman–Crippen MR) is 116 cm³/mol. The highest BCUT2D eigenvalue weighted by Crippen LogP contribution is 2.19. The summed E-state index contributed by atoms with van der Waals surface area (Å²) in [6.07, 6.45) is 0. The third-order valence-electron chi connectivity index (χ3n) is 4.31. The number of likely N-dealkylation sites (N-methyl/N-ethyl adjacent to an activating group) is 1. The molecule has 0 aliphatic carbocycles. The molecule has 0 unspecified atom stereocenters. The molecule has 0 aromatic heterocycles. The average Bonchev–Trinajstić information content (AvgIpc) is 2.75. The van der Waals surface area contributed by atoms with Crippen molar-refractivity contribution in [1.82, 2.24) is 4.90 Å². The van der Waals surface area contributed by atoms with Gasteiger partial charge in [-0.1, -0.05) is 30.3 Å². The van der Waals surface area contributed by atoms with Gasteiger partial charge in [0.25, 0.3) is 15.9 Å². The van der Waals surface area contributed by atoms with Gasteiger partial charge in [-0.15, -0.1) is 0 Å². The van der Waals surface area contributed by atoms with Crippen molar-refractivity contribution in [1.29, 1.82) is 0 Å². The molecule has 0 saturated heterocycles. The van der Waals surface area contributed by atoms with Crippen molar-refractivity contribution >= 4 is 33.2 Å². The van der Waals surface area contributed by atoms with Crippen LogP contribution in [-0.2, 0) is 14.8 Å². The van der Waals surface area contributed by atoms with Gasteiger partial charge < -0.3 is 10.2 Å². The van der Waals surface area contributed by atoms with E-state index in [4.69, 9.17) is 0 Å². The van der Waals surface area contributed by atoms with Gasteiger partial charge in [0.05, 0.1) is 17.1 Å². The number of nitrogens with one attached hydrogen (secondary N) is 2. The monoisotopic (exact) mass is 441 g/mol. The highest BCUT2D eigenvalue weighted by Gasteiger charge is 2.19. The van der Waals surface area contributed by atoms with Crippen molar-refractivity contribution in [3.8, 4) is 0 Å². The van der Waals surface area contributed by atoms with E-state index < -0.39 is 21.7 Å². The lowest BCUT2D eigenvalue weighted by atomic mass is 10.2.